The van der Waals surface area contributed by atoms with Crippen molar-refractivity contribution in [3.8, 4) is 23.6 Å². The molecule has 0 N–H and O–H groups in total. The third kappa shape index (κ3) is 8.55. The maximum absolute atomic E-state index is 10.7. The number of nitrogens with zero attached hydrogens (tertiary/aromatic N) is 2. The Morgan fingerprint density at radius 1 is 0.500 bits per heavy atom. The Hall–Kier alpha value is -5.92. The molecule has 300 valence electrons. The molecule has 0 aliphatic rings. The van der Waals surface area contributed by atoms with Crippen LogP contribution in [0.1, 0.15) is 108 Å². The lowest BCUT2D eigenvalue weighted by Crippen LogP contribution is -1.98. The molecule has 0 radical (unpaired) electrons. The van der Waals surface area contributed by atoms with Crippen molar-refractivity contribution in [2.45, 2.75) is 79.1 Å². The number of benzene rings is 6. The molecule has 0 bridgehead atoms. The van der Waals surface area contributed by atoms with Crippen LogP contribution in [0.3, 0.4) is 0 Å². The molecule has 0 unspecified atom stereocenters. The van der Waals surface area contributed by atoms with Gasteiger partial charge in [0.15, 0.2) is 0 Å². The van der Waals surface area contributed by atoms with Crippen LogP contribution < -0.4 is 9.47 Å². The molecule has 6 heteroatoms. The first-order valence-corrected chi connectivity index (χ1v) is 23.1. The van der Waals surface area contributed by atoms with Crippen LogP contribution in [0.2, 0.25) is 0 Å². The second-order valence-corrected chi connectivity index (χ2v) is 17.8. The van der Waals surface area contributed by atoms with Gasteiger partial charge in [0.25, 0.3) is 0 Å². The maximum Gasteiger partial charge on any atom is 0.121 e. The minimum absolute atomic E-state index is 0.602. The van der Waals surface area contributed by atoms with Gasteiger partial charge in [0.2, 0.25) is 0 Å². The molecular formula is C54H50N2O2S2. The highest BCUT2D eigenvalue weighted by Crippen LogP contribution is 2.44. The van der Waals surface area contributed by atoms with E-state index in [-0.39, 0.29) is 0 Å². The molecule has 2 heterocycles. The summed E-state index contributed by atoms with van der Waals surface area (Å²) in [4.78, 5) is 2.34. The van der Waals surface area contributed by atoms with E-state index in [2.05, 4.69) is 136 Å². The van der Waals surface area contributed by atoms with E-state index in [9.17, 15) is 10.5 Å². The number of aryl methyl sites for hydroxylation is 2. The number of hydrogen-bond acceptors (Lipinski definition) is 6. The zero-order valence-electron chi connectivity index (χ0n) is 35.0. The highest BCUT2D eigenvalue weighted by molar-refractivity contribution is 7.11. The molecule has 2 aromatic heterocycles. The van der Waals surface area contributed by atoms with Crippen LogP contribution >= 0.6 is 22.7 Å². The third-order valence-corrected chi connectivity index (χ3v) is 13.4. The molecule has 0 saturated heterocycles. The van der Waals surface area contributed by atoms with E-state index in [0.29, 0.717) is 24.3 Å². The van der Waals surface area contributed by atoms with Gasteiger partial charge in [-0.2, -0.15) is 10.5 Å². The van der Waals surface area contributed by atoms with Crippen molar-refractivity contribution in [2.75, 3.05) is 13.2 Å². The molecule has 0 fully saturated rings. The van der Waals surface area contributed by atoms with Crippen LogP contribution in [-0.2, 0) is 0 Å². The molecule has 0 saturated carbocycles. The van der Waals surface area contributed by atoms with Gasteiger partial charge in [-0.05, 0) is 163 Å². The van der Waals surface area contributed by atoms with Crippen molar-refractivity contribution in [2.24, 2.45) is 0 Å². The minimum Gasteiger partial charge on any atom is -0.494 e. The van der Waals surface area contributed by atoms with Crippen LogP contribution in [0.25, 0.3) is 78.2 Å². The summed E-state index contributed by atoms with van der Waals surface area (Å²) in [7, 11) is 0. The summed E-state index contributed by atoms with van der Waals surface area (Å²) in [5, 5.41) is 36.0. The van der Waals surface area contributed by atoms with Gasteiger partial charge in [-0.15, -0.1) is 22.7 Å². The van der Waals surface area contributed by atoms with Crippen LogP contribution in [0.15, 0.2) is 83.6 Å². The molecule has 60 heavy (non-hydrogen) atoms. The topological polar surface area (TPSA) is 66.0 Å². The molecule has 0 spiro atoms. The van der Waals surface area contributed by atoms with Crippen molar-refractivity contribution in [3.63, 3.8) is 0 Å². The first-order chi connectivity index (χ1) is 29.4. The van der Waals surface area contributed by atoms with Gasteiger partial charge in [0.05, 0.1) is 36.5 Å². The Kier molecular flexibility index (Phi) is 12.6. The van der Waals surface area contributed by atoms with E-state index in [1.54, 1.807) is 22.7 Å². The van der Waals surface area contributed by atoms with Gasteiger partial charge in [0.1, 0.15) is 11.5 Å². The zero-order chi connectivity index (χ0) is 41.6. The van der Waals surface area contributed by atoms with E-state index >= 15 is 0 Å². The number of thiophene rings is 2. The zero-order valence-corrected chi connectivity index (χ0v) is 36.6. The normalized spacial score (nSPS) is 11.8. The molecule has 0 aliphatic carbocycles. The smallest absolute Gasteiger partial charge is 0.121 e. The second kappa shape index (κ2) is 18.6. The summed E-state index contributed by atoms with van der Waals surface area (Å²) in [6, 6.07) is 30.8. The van der Waals surface area contributed by atoms with Gasteiger partial charge in [-0.25, -0.2) is 0 Å². The SMILES string of the molecule is CCCCCCOc1cc(C#N)c2c(ccc3c2cc(/C=C/c2cc(C)cs2)c2c4ccc5cc(OCCCCCC)cc(C#N)c5c4cc(/C=C/c4cc(C)cs4)c32)c1. The molecule has 0 atom stereocenters. The number of hydrogen-bond donors (Lipinski definition) is 0. The van der Waals surface area contributed by atoms with Crippen molar-refractivity contribution < 1.29 is 9.47 Å². The summed E-state index contributed by atoms with van der Waals surface area (Å²) >= 11 is 3.46. The Labute approximate surface area is 361 Å². The average molecular weight is 823 g/mol. The fraction of sp³-hybridized carbons (Fsp3) is 0.259. The Morgan fingerprint density at radius 3 is 1.33 bits per heavy atom. The Bertz CT molecular complexity index is 2820. The quantitative estimate of drug-likeness (QED) is 0.0719. The predicted molar refractivity (Wildman–Crippen MR) is 259 cm³/mol. The largest absolute Gasteiger partial charge is 0.494 e. The number of unbranched alkanes of at least 4 members (excludes halogenated alkanes) is 6. The summed E-state index contributed by atoms with van der Waals surface area (Å²) in [6.45, 7) is 9.94. The lowest BCUT2D eigenvalue weighted by Gasteiger charge is -2.18. The highest BCUT2D eigenvalue weighted by Gasteiger charge is 2.19. The summed E-state index contributed by atoms with van der Waals surface area (Å²) in [6.07, 6.45) is 17.8. The van der Waals surface area contributed by atoms with Gasteiger partial charge in [-0.1, -0.05) is 88.8 Å². The molecule has 0 amide bonds. The molecule has 0 aliphatic heterocycles. The van der Waals surface area contributed by atoms with Gasteiger partial charge >= 0.3 is 0 Å². The number of fused-ring (bicyclic) bond motifs is 9. The molecular weight excluding hydrogens is 773 g/mol. The van der Waals surface area contributed by atoms with Gasteiger partial charge in [-0.3, -0.25) is 0 Å². The second-order valence-electron chi connectivity index (χ2n) is 15.9. The standard InChI is InChI=1S/C54H50N2O2S2/c1-5-7-9-11-21-57-43-25-37-15-19-47-49(51(37)41(27-43)31-55)29-39(13-17-45-23-35(3)33-59-45)54-48-20-16-38-26-44(58-22-12-10-8-6-2)28-42(32-56)52(38)50(48)30-40(53(47)54)14-18-46-24-36(4)34-60-46/h13-20,23-30,33-34H,5-12,21-22H2,1-4H3/b17-13+,18-14+. The van der Waals surface area contributed by atoms with Crippen molar-refractivity contribution in [1.29, 1.82) is 10.5 Å². The fourth-order valence-electron chi connectivity index (χ4n) is 8.46. The predicted octanol–water partition coefficient (Wildman–Crippen LogP) is 16.2. The molecule has 8 aromatic rings. The lowest BCUT2D eigenvalue weighted by molar-refractivity contribution is 0.305. The van der Waals surface area contributed by atoms with Gasteiger partial charge < -0.3 is 9.47 Å². The van der Waals surface area contributed by atoms with Crippen molar-refractivity contribution in [3.05, 3.63) is 127 Å². The molecule has 4 nitrogen and oxygen atoms in total. The van der Waals surface area contributed by atoms with Crippen LogP contribution in [0, 0.1) is 36.5 Å². The number of ether oxygens (including phenoxy) is 2. The highest BCUT2D eigenvalue weighted by atomic mass is 32.1. The third-order valence-electron chi connectivity index (χ3n) is 11.4. The van der Waals surface area contributed by atoms with E-state index in [1.807, 2.05) is 12.1 Å². The fourth-order valence-corrected chi connectivity index (χ4v) is 10.0. The van der Waals surface area contributed by atoms with Crippen LogP contribution in [0.5, 0.6) is 11.5 Å². The average Bonchev–Trinajstić information content (AvgIpc) is 3.89. The van der Waals surface area contributed by atoms with E-state index in [0.717, 1.165) is 102 Å². The van der Waals surface area contributed by atoms with Crippen molar-refractivity contribution >= 4 is 101 Å². The Balaban J connectivity index is 1.41. The molecule has 6 aromatic carbocycles. The van der Waals surface area contributed by atoms with Crippen LogP contribution in [0.4, 0.5) is 0 Å². The number of nitriles is 2. The summed E-state index contributed by atoms with van der Waals surface area (Å²) < 4.78 is 12.5. The monoisotopic (exact) mass is 822 g/mol. The first kappa shape index (κ1) is 40.8. The maximum atomic E-state index is 10.7. The van der Waals surface area contributed by atoms with Crippen molar-refractivity contribution in [1.82, 2.24) is 0 Å². The van der Waals surface area contributed by atoms with E-state index < -0.39 is 0 Å². The minimum atomic E-state index is 0.602. The number of rotatable bonds is 16. The summed E-state index contributed by atoms with van der Waals surface area (Å²) in [5.41, 5.74) is 5.77. The van der Waals surface area contributed by atoms with Gasteiger partial charge in [0, 0.05) is 20.5 Å². The first-order valence-electron chi connectivity index (χ1n) is 21.3. The molecule has 8 rings (SSSR count). The lowest BCUT2D eigenvalue weighted by atomic mass is 9.85. The van der Waals surface area contributed by atoms with Crippen LogP contribution in [-0.4, -0.2) is 13.2 Å². The Morgan fingerprint density at radius 2 is 0.950 bits per heavy atom. The van der Waals surface area contributed by atoms with E-state index in [1.165, 1.54) is 46.6 Å². The van der Waals surface area contributed by atoms with E-state index in [4.69, 9.17) is 9.47 Å². The summed E-state index contributed by atoms with van der Waals surface area (Å²) in [5.74, 6) is 1.46.